The average Bonchev–Trinajstić information content (AvgIpc) is 2.98. The molecule has 0 amide bonds. The van der Waals surface area contributed by atoms with Gasteiger partial charge < -0.3 is 15.2 Å². The topological polar surface area (TPSA) is 47.7 Å². The van der Waals surface area contributed by atoms with E-state index in [1.165, 1.54) is 24.8 Å². The summed E-state index contributed by atoms with van der Waals surface area (Å²) >= 11 is 0. The van der Waals surface area contributed by atoms with Crippen molar-refractivity contribution in [3.8, 4) is 5.75 Å². The molecule has 2 fully saturated rings. The summed E-state index contributed by atoms with van der Waals surface area (Å²) in [5.74, 6) is 0.913. The van der Waals surface area contributed by atoms with E-state index < -0.39 is 0 Å². The van der Waals surface area contributed by atoms with Crippen molar-refractivity contribution >= 4 is 0 Å². The van der Waals surface area contributed by atoms with E-state index in [-0.39, 0.29) is 6.04 Å². The van der Waals surface area contributed by atoms with Gasteiger partial charge in [0.2, 0.25) is 0 Å². The lowest BCUT2D eigenvalue weighted by atomic mass is 10.0. The second kappa shape index (κ2) is 6.77. The van der Waals surface area contributed by atoms with Crippen LogP contribution >= 0.6 is 0 Å². The van der Waals surface area contributed by atoms with E-state index >= 15 is 0 Å². The molecule has 0 bridgehead atoms. The Morgan fingerprint density at radius 1 is 1.33 bits per heavy atom. The number of fused-ring (bicyclic) bond motifs is 1. The van der Waals surface area contributed by atoms with Gasteiger partial charge in [0.05, 0.1) is 19.3 Å². The van der Waals surface area contributed by atoms with E-state index in [0.717, 1.165) is 25.4 Å². The third-order valence-corrected chi connectivity index (χ3v) is 4.65. The highest BCUT2D eigenvalue weighted by Crippen LogP contribution is 2.30. The highest BCUT2D eigenvalue weighted by molar-refractivity contribution is 5.29. The van der Waals surface area contributed by atoms with Crippen LogP contribution < -0.4 is 10.5 Å². The summed E-state index contributed by atoms with van der Waals surface area (Å²) in [4.78, 5) is 2.53. The lowest BCUT2D eigenvalue weighted by Gasteiger charge is -2.39. The molecule has 1 saturated heterocycles. The zero-order valence-corrected chi connectivity index (χ0v) is 12.8. The minimum absolute atomic E-state index is 0.0556. The molecule has 3 rings (SSSR count). The number of rotatable bonds is 5. The molecule has 0 radical (unpaired) electrons. The second-order valence-corrected chi connectivity index (χ2v) is 6.01. The normalized spacial score (nSPS) is 27.3. The van der Waals surface area contributed by atoms with Crippen molar-refractivity contribution in [1.29, 1.82) is 0 Å². The number of ether oxygens (including phenoxy) is 2. The van der Waals surface area contributed by atoms with Crippen LogP contribution in [0.5, 0.6) is 5.75 Å². The third-order valence-electron chi connectivity index (χ3n) is 4.65. The summed E-state index contributed by atoms with van der Waals surface area (Å²) in [5, 5.41) is 0. The summed E-state index contributed by atoms with van der Waals surface area (Å²) in [6, 6.07) is 8.82. The maximum absolute atomic E-state index is 6.41. The second-order valence-electron chi connectivity index (χ2n) is 6.01. The first-order valence-corrected chi connectivity index (χ1v) is 8.12. The standard InChI is InChI=1S/C17H26N2O2/c1-2-20-14-8-6-13(7-9-14)15(18)12-19-10-11-21-17-5-3-4-16(17)19/h6-9,15-17H,2-5,10-12,18H2,1H3. The van der Waals surface area contributed by atoms with E-state index in [1.54, 1.807) is 0 Å². The monoisotopic (exact) mass is 290 g/mol. The van der Waals surface area contributed by atoms with E-state index in [1.807, 2.05) is 19.1 Å². The zero-order chi connectivity index (χ0) is 14.7. The highest BCUT2D eigenvalue weighted by atomic mass is 16.5. The molecule has 21 heavy (non-hydrogen) atoms. The van der Waals surface area contributed by atoms with Crippen molar-refractivity contribution in [2.45, 2.75) is 44.4 Å². The van der Waals surface area contributed by atoms with Crippen LogP contribution in [0.3, 0.4) is 0 Å². The van der Waals surface area contributed by atoms with E-state index in [4.69, 9.17) is 15.2 Å². The summed E-state index contributed by atoms with van der Waals surface area (Å²) in [6.45, 7) is 5.46. The Bertz CT molecular complexity index is 449. The smallest absolute Gasteiger partial charge is 0.119 e. The molecule has 1 aromatic rings. The van der Waals surface area contributed by atoms with E-state index in [2.05, 4.69) is 17.0 Å². The molecule has 2 aliphatic rings. The van der Waals surface area contributed by atoms with Crippen molar-refractivity contribution in [1.82, 2.24) is 4.90 Å². The zero-order valence-electron chi connectivity index (χ0n) is 12.8. The highest BCUT2D eigenvalue weighted by Gasteiger charge is 2.36. The number of morpholine rings is 1. The molecule has 4 nitrogen and oxygen atoms in total. The molecule has 1 saturated carbocycles. The fourth-order valence-corrected chi connectivity index (χ4v) is 3.57. The predicted octanol–water partition coefficient (Wildman–Crippen LogP) is 2.34. The van der Waals surface area contributed by atoms with Gasteiger partial charge in [-0.15, -0.1) is 0 Å². The first-order chi connectivity index (χ1) is 10.3. The molecule has 3 atom stereocenters. The van der Waals surface area contributed by atoms with Gasteiger partial charge in [0.25, 0.3) is 0 Å². The largest absolute Gasteiger partial charge is 0.494 e. The molecular weight excluding hydrogens is 264 g/mol. The van der Waals surface area contributed by atoms with Gasteiger partial charge in [0.15, 0.2) is 0 Å². The molecule has 1 aromatic carbocycles. The molecule has 0 spiro atoms. The molecular formula is C17H26N2O2. The molecule has 2 N–H and O–H groups in total. The Morgan fingerprint density at radius 2 is 2.14 bits per heavy atom. The minimum Gasteiger partial charge on any atom is -0.494 e. The van der Waals surface area contributed by atoms with Crippen LogP contribution in [0.25, 0.3) is 0 Å². The number of nitrogens with zero attached hydrogens (tertiary/aromatic N) is 1. The predicted molar refractivity (Wildman–Crippen MR) is 83.5 cm³/mol. The van der Waals surface area contributed by atoms with Crippen LogP contribution in [0.15, 0.2) is 24.3 Å². The van der Waals surface area contributed by atoms with Gasteiger partial charge in [-0.3, -0.25) is 4.90 Å². The number of nitrogens with two attached hydrogens (primary N) is 1. The van der Waals surface area contributed by atoms with Crippen molar-refractivity contribution in [3.63, 3.8) is 0 Å². The summed E-state index contributed by atoms with van der Waals surface area (Å²) in [5.41, 5.74) is 7.59. The number of hydrogen-bond acceptors (Lipinski definition) is 4. The van der Waals surface area contributed by atoms with E-state index in [9.17, 15) is 0 Å². The molecule has 116 valence electrons. The molecule has 3 unspecified atom stereocenters. The fourth-order valence-electron chi connectivity index (χ4n) is 3.57. The van der Waals surface area contributed by atoms with Crippen molar-refractivity contribution in [3.05, 3.63) is 29.8 Å². The quantitative estimate of drug-likeness (QED) is 0.904. The first kappa shape index (κ1) is 14.8. The van der Waals surface area contributed by atoms with Crippen molar-refractivity contribution in [2.24, 2.45) is 5.73 Å². The van der Waals surface area contributed by atoms with Gasteiger partial charge in [-0.2, -0.15) is 0 Å². The van der Waals surface area contributed by atoms with Crippen LogP contribution in [-0.2, 0) is 4.74 Å². The lowest BCUT2D eigenvalue weighted by Crippen LogP contribution is -2.50. The van der Waals surface area contributed by atoms with Crippen molar-refractivity contribution in [2.75, 3.05) is 26.3 Å². The Kier molecular flexibility index (Phi) is 4.78. The Hall–Kier alpha value is -1.10. The Morgan fingerprint density at radius 3 is 2.90 bits per heavy atom. The van der Waals surface area contributed by atoms with Gasteiger partial charge in [-0.25, -0.2) is 0 Å². The average molecular weight is 290 g/mol. The van der Waals surface area contributed by atoms with Crippen LogP contribution in [0.1, 0.15) is 37.8 Å². The SMILES string of the molecule is CCOc1ccc(C(N)CN2CCOC3CCCC32)cc1. The maximum atomic E-state index is 6.41. The van der Waals surface area contributed by atoms with Gasteiger partial charge in [0.1, 0.15) is 5.75 Å². The fraction of sp³-hybridized carbons (Fsp3) is 0.647. The van der Waals surface area contributed by atoms with Crippen LogP contribution in [-0.4, -0.2) is 43.3 Å². The van der Waals surface area contributed by atoms with Crippen LogP contribution in [0, 0.1) is 0 Å². The Labute approximate surface area is 127 Å². The number of hydrogen-bond donors (Lipinski definition) is 1. The summed E-state index contributed by atoms with van der Waals surface area (Å²) in [7, 11) is 0. The van der Waals surface area contributed by atoms with Crippen LogP contribution in [0.2, 0.25) is 0 Å². The first-order valence-electron chi connectivity index (χ1n) is 8.12. The van der Waals surface area contributed by atoms with Gasteiger partial charge in [-0.1, -0.05) is 12.1 Å². The molecule has 1 aliphatic heterocycles. The summed E-state index contributed by atoms with van der Waals surface area (Å²) in [6.07, 6.45) is 4.18. The molecule has 1 aliphatic carbocycles. The maximum Gasteiger partial charge on any atom is 0.119 e. The lowest BCUT2D eigenvalue weighted by molar-refractivity contribution is -0.0571. The number of benzene rings is 1. The Balaban J connectivity index is 1.61. The molecule has 4 heteroatoms. The van der Waals surface area contributed by atoms with Crippen molar-refractivity contribution < 1.29 is 9.47 Å². The van der Waals surface area contributed by atoms with Gasteiger partial charge in [0, 0.05) is 25.2 Å². The third kappa shape index (κ3) is 3.39. The van der Waals surface area contributed by atoms with Gasteiger partial charge >= 0.3 is 0 Å². The summed E-state index contributed by atoms with van der Waals surface area (Å²) < 4.78 is 11.3. The minimum atomic E-state index is 0.0556. The molecule has 1 heterocycles. The van der Waals surface area contributed by atoms with Gasteiger partial charge in [-0.05, 0) is 43.9 Å². The van der Waals surface area contributed by atoms with Crippen LogP contribution in [0.4, 0.5) is 0 Å². The molecule has 0 aromatic heterocycles. The van der Waals surface area contributed by atoms with E-state index in [0.29, 0.717) is 18.8 Å².